The molecule has 0 unspecified atom stereocenters. The van der Waals surface area contributed by atoms with Crippen LogP contribution in [0, 0.1) is 0 Å². The van der Waals surface area contributed by atoms with E-state index in [1.807, 2.05) is 36.4 Å². The fraction of sp³-hybridized carbons (Fsp3) is 0.350. The van der Waals surface area contributed by atoms with Gasteiger partial charge in [0.15, 0.2) is 0 Å². The van der Waals surface area contributed by atoms with E-state index >= 15 is 0 Å². The molecule has 0 heterocycles. The highest BCUT2D eigenvalue weighted by Crippen LogP contribution is 2.13. The normalized spacial score (nSPS) is 11.6. The van der Waals surface area contributed by atoms with Crippen molar-refractivity contribution in [3.63, 3.8) is 0 Å². The smallest absolute Gasteiger partial charge is 0.220 e. The molecule has 1 amide bonds. The van der Waals surface area contributed by atoms with Crippen molar-refractivity contribution in [2.24, 2.45) is 0 Å². The highest BCUT2D eigenvalue weighted by molar-refractivity contribution is 9.10. The van der Waals surface area contributed by atoms with Crippen molar-refractivity contribution in [1.82, 2.24) is 10.0 Å². The van der Waals surface area contributed by atoms with Gasteiger partial charge < -0.3 is 5.32 Å². The second kappa shape index (κ2) is 10.0. The van der Waals surface area contributed by atoms with E-state index < -0.39 is 10.0 Å². The lowest BCUT2D eigenvalue weighted by Crippen LogP contribution is -2.31. The Kier molecular flexibility index (Phi) is 8.01. The SMILES string of the molecule is CC(C)NS(=O)(=O)Cc1ccc(CNC(=O)CCc2cccc(Br)c2)cc1. The zero-order valence-electron chi connectivity index (χ0n) is 15.5. The number of sulfonamides is 1. The lowest BCUT2D eigenvalue weighted by Gasteiger charge is -2.10. The predicted octanol–water partition coefficient (Wildman–Crippen LogP) is 3.53. The van der Waals surface area contributed by atoms with E-state index in [-0.39, 0.29) is 17.7 Å². The molecule has 2 aromatic rings. The number of carbonyl (C=O) groups is 1. The van der Waals surface area contributed by atoms with Gasteiger partial charge in [0.2, 0.25) is 15.9 Å². The number of rotatable bonds is 9. The summed E-state index contributed by atoms with van der Waals surface area (Å²) in [5.74, 6) is -0.0625. The quantitative estimate of drug-likeness (QED) is 0.610. The van der Waals surface area contributed by atoms with Crippen molar-refractivity contribution < 1.29 is 13.2 Å². The molecule has 5 nitrogen and oxygen atoms in total. The molecule has 0 aliphatic carbocycles. The standard InChI is InChI=1S/C20H25BrN2O3S/c1-15(2)23-27(25,26)14-18-8-6-17(7-9-18)13-22-20(24)11-10-16-4-3-5-19(21)12-16/h3-9,12,15,23H,10-11,13-14H2,1-2H3,(H,22,24). The van der Waals surface area contributed by atoms with E-state index in [1.165, 1.54) is 0 Å². The van der Waals surface area contributed by atoms with Gasteiger partial charge in [0.25, 0.3) is 0 Å². The van der Waals surface area contributed by atoms with Gasteiger partial charge in [-0.25, -0.2) is 13.1 Å². The summed E-state index contributed by atoms with van der Waals surface area (Å²) in [5, 5.41) is 2.90. The molecule has 0 aromatic heterocycles. The Morgan fingerprint density at radius 2 is 1.70 bits per heavy atom. The van der Waals surface area contributed by atoms with E-state index in [4.69, 9.17) is 0 Å². The molecule has 7 heteroatoms. The van der Waals surface area contributed by atoms with Crippen LogP contribution in [0.3, 0.4) is 0 Å². The van der Waals surface area contributed by atoms with Gasteiger partial charge in [-0.15, -0.1) is 0 Å². The zero-order valence-corrected chi connectivity index (χ0v) is 17.9. The maximum Gasteiger partial charge on any atom is 0.220 e. The largest absolute Gasteiger partial charge is 0.352 e. The van der Waals surface area contributed by atoms with E-state index in [0.29, 0.717) is 24.9 Å². The highest BCUT2D eigenvalue weighted by Gasteiger charge is 2.12. The second-order valence-corrected chi connectivity index (χ2v) is 9.42. The Bertz CT molecular complexity index is 865. The third-order valence-corrected chi connectivity index (χ3v) is 5.85. The van der Waals surface area contributed by atoms with Crippen LogP contribution in [0.1, 0.15) is 37.0 Å². The minimum atomic E-state index is -3.33. The monoisotopic (exact) mass is 452 g/mol. The molecule has 0 fully saturated rings. The summed E-state index contributed by atoms with van der Waals surface area (Å²) >= 11 is 3.42. The highest BCUT2D eigenvalue weighted by atomic mass is 79.9. The summed E-state index contributed by atoms with van der Waals surface area (Å²) in [6.07, 6.45) is 1.11. The molecular weight excluding hydrogens is 428 g/mol. The van der Waals surface area contributed by atoms with Gasteiger partial charge in [0, 0.05) is 23.5 Å². The number of halogens is 1. The maximum atomic E-state index is 12.0. The molecule has 0 saturated heterocycles. The Hall–Kier alpha value is -1.70. The van der Waals surface area contributed by atoms with Gasteiger partial charge in [0.05, 0.1) is 5.75 Å². The second-order valence-electron chi connectivity index (χ2n) is 6.75. The van der Waals surface area contributed by atoms with Crippen molar-refractivity contribution in [3.8, 4) is 0 Å². The molecule has 0 saturated carbocycles. The Morgan fingerprint density at radius 1 is 1.04 bits per heavy atom. The first kappa shape index (κ1) is 21.6. The van der Waals surface area contributed by atoms with Crippen molar-refractivity contribution in [2.45, 2.75) is 45.0 Å². The third kappa shape index (κ3) is 8.24. The number of nitrogens with one attached hydrogen (secondary N) is 2. The van der Waals surface area contributed by atoms with Crippen molar-refractivity contribution in [1.29, 1.82) is 0 Å². The van der Waals surface area contributed by atoms with E-state index in [2.05, 4.69) is 26.0 Å². The number of benzene rings is 2. The average Bonchev–Trinajstić information content (AvgIpc) is 2.58. The van der Waals surface area contributed by atoms with E-state index in [1.54, 1.807) is 26.0 Å². The molecule has 0 aliphatic rings. The molecule has 2 rings (SSSR count). The fourth-order valence-electron chi connectivity index (χ4n) is 2.61. The van der Waals surface area contributed by atoms with Crippen LogP contribution in [0.25, 0.3) is 0 Å². The van der Waals surface area contributed by atoms with Crippen LogP contribution >= 0.6 is 15.9 Å². The summed E-state index contributed by atoms with van der Waals surface area (Å²) in [4.78, 5) is 12.0. The minimum absolute atomic E-state index is 0.0113. The van der Waals surface area contributed by atoms with Crippen LogP contribution < -0.4 is 10.0 Å². The number of carbonyl (C=O) groups excluding carboxylic acids is 1. The number of hydrogen-bond donors (Lipinski definition) is 2. The molecule has 0 bridgehead atoms. The summed E-state index contributed by atoms with van der Waals surface area (Å²) in [7, 11) is -3.33. The molecule has 27 heavy (non-hydrogen) atoms. The molecule has 0 radical (unpaired) electrons. The first-order valence-corrected chi connectivity index (χ1v) is 11.3. The van der Waals surface area contributed by atoms with Gasteiger partial charge in [-0.3, -0.25) is 4.79 Å². The Labute approximate surface area is 169 Å². The van der Waals surface area contributed by atoms with Crippen LogP contribution in [-0.2, 0) is 33.5 Å². The van der Waals surface area contributed by atoms with Gasteiger partial charge in [-0.1, -0.05) is 52.3 Å². The van der Waals surface area contributed by atoms with Crippen LogP contribution in [0.5, 0.6) is 0 Å². The van der Waals surface area contributed by atoms with Gasteiger partial charge in [-0.2, -0.15) is 0 Å². The Balaban J connectivity index is 1.80. The average molecular weight is 453 g/mol. The predicted molar refractivity (Wildman–Crippen MR) is 112 cm³/mol. The maximum absolute atomic E-state index is 12.0. The van der Waals surface area contributed by atoms with Gasteiger partial charge in [0.1, 0.15) is 0 Å². The van der Waals surface area contributed by atoms with E-state index in [0.717, 1.165) is 15.6 Å². The fourth-order valence-corrected chi connectivity index (χ4v) is 4.49. The van der Waals surface area contributed by atoms with Crippen LogP contribution in [0.15, 0.2) is 53.0 Å². The zero-order chi connectivity index (χ0) is 19.9. The lowest BCUT2D eigenvalue weighted by molar-refractivity contribution is -0.121. The molecule has 2 aromatic carbocycles. The molecular formula is C20H25BrN2O3S. The molecule has 0 aliphatic heterocycles. The summed E-state index contributed by atoms with van der Waals surface area (Å²) in [6, 6.07) is 15.0. The molecule has 2 N–H and O–H groups in total. The first-order valence-electron chi connectivity index (χ1n) is 8.82. The van der Waals surface area contributed by atoms with Crippen LogP contribution in [-0.4, -0.2) is 20.4 Å². The number of aryl methyl sites for hydroxylation is 1. The summed E-state index contributed by atoms with van der Waals surface area (Å²) in [5.41, 5.74) is 2.76. The molecule has 0 spiro atoms. The van der Waals surface area contributed by atoms with Crippen molar-refractivity contribution in [3.05, 3.63) is 69.7 Å². The lowest BCUT2D eigenvalue weighted by atomic mass is 10.1. The number of hydrogen-bond acceptors (Lipinski definition) is 3. The van der Waals surface area contributed by atoms with Crippen LogP contribution in [0.2, 0.25) is 0 Å². The Morgan fingerprint density at radius 3 is 2.33 bits per heavy atom. The molecule has 146 valence electrons. The third-order valence-electron chi connectivity index (χ3n) is 3.81. The topological polar surface area (TPSA) is 75.3 Å². The van der Waals surface area contributed by atoms with Gasteiger partial charge in [-0.05, 0) is 49.1 Å². The van der Waals surface area contributed by atoms with Crippen molar-refractivity contribution in [2.75, 3.05) is 0 Å². The first-order chi connectivity index (χ1) is 12.7. The summed E-state index contributed by atoms with van der Waals surface area (Å²) < 4.78 is 27.5. The minimum Gasteiger partial charge on any atom is -0.352 e. The number of amides is 1. The van der Waals surface area contributed by atoms with Gasteiger partial charge >= 0.3 is 0 Å². The van der Waals surface area contributed by atoms with Crippen molar-refractivity contribution >= 4 is 31.9 Å². The van der Waals surface area contributed by atoms with E-state index in [9.17, 15) is 13.2 Å². The summed E-state index contributed by atoms with van der Waals surface area (Å²) in [6.45, 7) is 4.01. The molecule has 0 atom stereocenters. The van der Waals surface area contributed by atoms with Crippen LogP contribution in [0.4, 0.5) is 0 Å².